The van der Waals surface area contributed by atoms with Crippen LogP contribution in [0.25, 0.3) is 0 Å². The number of guanidine groups is 1. The van der Waals surface area contributed by atoms with E-state index in [2.05, 4.69) is 98.0 Å². The Balaban J connectivity index is 6.33. The number of carbonyl (C=O) groups is 13. The van der Waals surface area contributed by atoms with Crippen LogP contribution in [0.2, 0.25) is 0 Å². The lowest BCUT2D eigenvalue weighted by atomic mass is 10.0. The lowest BCUT2D eigenvalue weighted by molar-refractivity contribution is -0.146. The van der Waals surface area contributed by atoms with E-state index >= 15 is 0 Å². The summed E-state index contributed by atoms with van der Waals surface area (Å²) >= 11 is 16.4. The Morgan fingerprint density at radius 2 is 0.789 bits per heavy atom. The molecule has 430 valence electrons. The van der Waals surface area contributed by atoms with E-state index in [-0.39, 0.29) is 44.7 Å². The molecule has 0 aromatic carbocycles. The molecule has 0 aromatic heterocycles. The highest BCUT2D eigenvalue weighted by Crippen LogP contribution is 2.08. The lowest BCUT2D eigenvalue weighted by Crippen LogP contribution is -2.61. The summed E-state index contributed by atoms with van der Waals surface area (Å²) in [6, 6.07) is -16.1. The summed E-state index contributed by atoms with van der Waals surface area (Å²) < 4.78 is 0. The topological polar surface area (TPSA) is 559 Å². The van der Waals surface area contributed by atoms with Gasteiger partial charge in [0, 0.05) is 29.6 Å². The highest BCUT2D eigenvalue weighted by Gasteiger charge is 2.36. The van der Waals surface area contributed by atoms with Crippen LogP contribution >= 0.6 is 50.5 Å². The number of amides is 11. The third-order valence-corrected chi connectivity index (χ3v) is 11.7. The van der Waals surface area contributed by atoms with Gasteiger partial charge in [0.2, 0.25) is 65.0 Å². The van der Waals surface area contributed by atoms with Crippen molar-refractivity contribution in [3.63, 3.8) is 0 Å². The van der Waals surface area contributed by atoms with Crippen molar-refractivity contribution in [1.82, 2.24) is 47.9 Å². The standard InChI is InChI=1S/C40H70N16O16S4/c1-16(57)29(39(71)72)56-34(66)21(11-28(60)61)51-32(64)19(6-4-8-47-40(45)46)48-31(63)18(5-2-3-7-41)49-35(67)22(12-73)53-37(69)24(14-75)55-38(70)25(15-76)54-36(68)23(13-74)52-33(65)20(10-27(44)59)50-30(62)17(42)9-26(43)58/h16-25,29,57,73-76H,2-15,41-42H2,1H3,(H2,43,58)(H2,44,59)(H,48,63)(H,49,67)(H,50,62)(H,51,64)(H,52,65)(H,53,69)(H,54,68)(H,55,70)(H,56,66)(H,60,61)(H,71,72)(H4,45,46,47)/t16-,17+,18+,19+,20+,21+,22+,23+,24+,25+,29+/m1/s1. The third kappa shape index (κ3) is 26.9. The summed E-state index contributed by atoms with van der Waals surface area (Å²) in [5.41, 5.74) is 32.3. The van der Waals surface area contributed by atoms with Crippen molar-refractivity contribution in [2.75, 3.05) is 36.1 Å². The Labute approximate surface area is 457 Å². The molecule has 0 rings (SSSR count). The molecule has 0 saturated carbocycles. The molecule has 36 heteroatoms. The molecule has 0 bridgehead atoms. The summed E-state index contributed by atoms with van der Waals surface area (Å²) in [6.45, 7) is 1.13. The molecule has 0 fully saturated rings. The molecule has 32 nitrogen and oxygen atoms in total. The van der Waals surface area contributed by atoms with Crippen LogP contribution in [0.15, 0.2) is 4.99 Å². The molecule has 0 aliphatic rings. The number of hydrogen-bond acceptors (Lipinski definition) is 21. The van der Waals surface area contributed by atoms with Crippen LogP contribution in [-0.4, -0.2) is 201 Å². The number of carbonyl (C=O) groups excluding carboxylic acids is 11. The summed E-state index contributed by atoms with van der Waals surface area (Å²) in [7, 11) is 0. The zero-order valence-electron chi connectivity index (χ0n) is 41.1. The SMILES string of the molecule is C[C@@H](O)[C@H](NC(=O)[C@H](CC(=O)O)NC(=O)[C@H](CCCN=C(N)N)NC(=O)[C@H](CCCCN)NC(=O)[C@H](CS)NC(=O)[C@H](CS)NC(=O)[C@H](CS)NC(=O)[C@H](CS)NC(=O)[C@H](CC(N)=O)NC(=O)[C@@H](N)CC(N)=O)C(=O)O. The first-order valence-electron chi connectivity index (χ1n) is 22.9. The summed E-state index contributed by atoms with van der Waals surface area (Å²) in [6.07, 6.45) is -3.86. The number of primary amides is 2. The number of aliphatic hydroxyl groups excluding tert-OH is 1. The van der Waals surface area contributed by atoms with Gasteiger partial charge in [0.1, 0.15) is 48.3 Å². The van der Waals surface area contributed by atoms with Crippen LogP contribution in [0.5, 0.6) is 0 Å². The van der Waals surface area contributed by atoms with Gasteiger partial charge in [-0.2, -0.15) is 50.5 Å². The first-order valence-corrected chi connectivity index (χ1v) is 25.5. The molecule has 11 atom stereocenters. The smallest absolute Gasteiger partial charge is 0.328 e. The second kappa shape index (κ2) is 36.6. The Morgan fingerprint density at radius 1 is 0.461 bits per heavy atom. The maximum atomic E-state index is 13.9. The van der Waals surface area contributed by atoms with Crippen molar-refractivity contribution < 1.29 is 77.6 Å². The van der Waals surface area contributed by atoms with Crippen LogP contribution in [0.1, 0.15) is 58.3 Å². The van der Waals surface area contributed by atoms with E-state index in [1.165, 1.54) is 0 Å². The zero-order valence-corrected chi connectivity index (χ0v) is 44.7. The van der Waals surface area contributed by atoms with Gasteiger partial charge in [-0.15, -0.1) is 0 Å². The molecule has 0 saturated heterocycles. The van der Waals surface area contributed by atoms with Gasteiger partial charge in [-0.1, -0.05) is 0 Å². The van der Waals surface area contributed by atoms with Gasteiger partial charge in [-0.05, 0) is 45.6 Å². The van der Waals surface area contributed by atoms with Gasteiger partial charge in [-0.25, -0.2) is 4.79 Å². The number of thiol groups is 4. The van der Waals surface area contributed by atoms with Crippen molar-refractivity contribution in [3.05, 3.63) is 0 Å². The van der Waals surface area contributed by atoms with Crippen LogP contribution in [-0.2, 0) is 62.3 Å². The molecule has 24 N–H and O–H groups in total. The number of rotatable bonds is 38. The van der Waals surface area contributed by atoms with E-state index in [1.54, 1.807) is 0 Å². The maximum Gasteiger partial charge on any atom is 0.328 e. The fraction of sp³-hybridized carbons (Fsp3) is 0.650. The summed E-state index contributed by atoms with van der Waals surface area (Å²) in [4.78, 5) is 170. The van der Waals surface area contributed by atoms with Crippen molar-refractivity contribution >= 4 is 133 Å². The van der Waals surface area contributed by atoms with Crippen LogP contribution in [0.4, 0.5) is 0 Å². The monoisotopic (exact) mass is 1160 g/mol. The second-order valence-electron chi connectivity index (χ2n) is 16.6. The van der Waals surface area contributed by atoms with Gasteiger partial charge in [0.25, 0.3) is 0 Å². The zero-order chi connectivity index (χ0) is 58.4. The quantitative estimate of drug-likeness (QED) is 0.0118. The summed E-state index contributed by atoms with van der Waals surface area (Å²) in [5, 5.41) is 49.2. The Hall–Kier alpha value is -6.34. The Morgan fingerprint density at radius 3 is 1.13 bits per heavy atom. The van der Waals surface area contributed by atoms with Crippen LogP contribution in [0.3, 0.4) is 0 Å². The minimum absolute atomic E-state index is 0.00642. The van der Waals surface area contributed by atoms with Gasteiger partial charge in [-0.3, -0.25) is 62.5 Å². The van der Waals surface area contributed by atoms with Gasteiger partial charge in [0.15, 0.2) is 12.0 Å². The van der Waals surface area contributed by atoms with Crippen molar-refractivity contribution in [2.45, 2.75) is 125 Å². The number of aliphatic hydroxyl groups is 1. The molecular weight excluding hydrogens is 1090 g/mol. The molecule has 76 heavy (non-hydrogen) atoms. The molecule has 0 heterocycles. The second-order valence-corrected chi connectivity index (χ2v) is 18.0. The molecule has 0 aliphatic carbocycles. The number of hydrogen-bond donors (Lipinski definition) is 22. The molecule has 0 unspecified atom stereocenters. The number of unbranched alkanes of at least 4 members (excludes halogenated alkanes) is 1. The number of carboxylic acids is 2. The number of aliphatic imine (C=N–C) groups is 1. The molecular formula is C40H70N16O16S4. The fourth-order valence-corrected chi connectivity index (χ4v) is 7.27. The number of nitrogens with one attached hydrogen (secondary N) is 9. The minimum atomic E-state index is -1.93. The first-order chi connectivity index (χ1) is 35.6. The Bertz CT molecular complexity index is 2090. The van der Waals surface area contributed by atoms with Crippen molar-refractivity contribution in [1.29, 1.82) is 0 Å². The van der Waals surface area contributed by atoms with E-state index in [1.807, 2.05) is 5.32 Å². The average Bonchev–Trinajstić information content (AvgIpc) is 3.33. The number of carboxylic acid groups (broad SMARTS) is 2. The fourth-order valence-electron chi connectivity index (χ4n) is 6.24. The van der Waals surface area contributed by atoms with Crippen molar-refractivity contribution in [2.24, 2.45) is 39.4 Å². The van der Waals surface area contributed by atoms with Gasteiger partial charge >= 0.3 is 11.9 Å². The highest BCUT2D eigenvalue weighted by molar-refractivity contribution is 7.80. The molecule has 0 aromatic rings. The normalized spacial score (nSPS) is 15.2. The minimum Gasteiger partial charge on any atom is -0.481 e. The predicted octanol–water partition coefficient (Wildman–Crippen LogP) is -9.73. The van der Waals surface area contributed by atoms with Gasteiger partial charge < -0.3 is 97.6 Å². The highest BCUT2D eigenvalue weighted by atomic mass is 32.1. The number of nitrogens with zero attached hydrogens (tertiary/aromatic N) is 1. The third-order valence-electron chi connectivity index (χ3n) is 10.3. The van der Waals surface area contributed by atoms with Crippen LogP contribution < -0.4 is 82.3 Å². The van der Waals surface area contributed by atoms with E-state index < -0.39 is 186 Å². The summed E-state index contributed by atoms with van der Waals surface area (Å²) in [5.74, 6) is -16.8. The first kappa shape index (κ1) is 69.7. The van der Waals surface area contributed by atoms with Crippen molar-refractivity contribution in [3.8, 4) is 0 Å². The number of aliphatic carboxylic acids is 2. The van der Waals surface area contributed by atoms with E-state index in [4.69, 9.17) is 34.4 Å². The molecule has 0 spiro atoms. The molecule has 11 amide bonds. The maximum absolute atomic E-state index is 13.9. The Kier molecular flexibility index (Phi) is 33.6. The lowest BCUT2D eigenvalue weighted by Gasteiger charge is -2.27. The molecule has 0 radical (unpaired) electrons. The van der Waals surface area contributed by atoms with E-state index in [0.29, 0.717) is 6.42 Å². The van der Waals surface area contributed by atoms with Crippen LogP contribution in [0, 0.1) is 0 Å². The van der Waals surface area contributed by atoms with E-state index in [0.717, 1.165) is 6.92 Å². The van der Waals surface area contributed by atoms with Gasteiger partial charge in [0.05, 0.1) is 31.4 Å². The molecule has 0 aliphatic heterocycles. The number of nitrogens with two attached hydrogens (primary N) is 6. The predicted molar refractivity (Wildman–Crippen MR) is 283 cm³/mol. The largest absolute Gasteiger partial charge is 0.481 e. The average molecular weight is 1160 g/mol. The van der Waals surface area contributed by atoms with E-state index in [9.17, 15) is 77.6 Å².